The van der Waals surface area contributed by atoms with Crippen LogP contribution in [0.25, 0.3) is 11.1 Å². The van der Waals surface area contributed by atoms with Crippen LogP contribution in [0.15, 0.2) is 28.7 Å². The van der Waals surface area contributed by atoms with Gasteiger partial charge in [0.2, 0.25) is 0 Å². The van der Waals surface area contributed by atoms with Crippen molar-refractivity contribution in [3.8, 4) is 0 Å². The molecule has 0 spiro atoms. The molecule has 6 nitrogen and oxygen atoms in total. The van der Waals surface area contributed by atoms with E-state index >= 15 is 0 Å². The van der Waals surface area contributed by atoms with E-state index in [4.69, 9.17) is 4.42 Å². The average Bonchev–Trinajstić information content (AvgIpc) is 2.80. The van der Waals surface area contributed by atoms with Crippen molar-refractivity contribution < 1.29 is 18.7 Å². The van der Waals surface area contributed by atoms with Gasteiger partial charge in [0.15, 0.2) is 5.58 Å². The summed E-state index contributed by atoms with van der Waals surface area (Å²) in [5.41, 5.74) is 1.12. The first-order valence-electron chi connectivity index (χ1n) is 5.50. The van der Waals surface area contributed by atoms with E-state index in [1.54, 1.807) is 31.2 Å². The highest BCUT2D eigenvalue weighted by Gasteiger charge is 2.15. The fourth-order valence-corrected chi connectivity index (χ4v) is 1.41. The summed E-state index contributed by atoms with van der Waals surface area (Å²) in [6.07, 6.45) is 0. The summed E-state index contributed by atoms with van der Waals surface area (Å²) in [5.74, 6) is -1.11. The fraction of sp³-hybridized carbons (Fsp3) is 0.250. The van der Waals surface area contributed by atoms with E-state index in [1.807, 2.05) is 0 Å². The normalized spacial score (nSPS) is 10.3. The number of nitrogens with zero attached hydrogens (tertiary/aromatic N) is 1. The summed E-state index contributed by atoms with van der Waals surface area (Å²) in [6, 6.07) is 7.03. The van der Waals surface area contributed by atoms with Gasteiger partial charge in [-0.25, -0.2) is 4.98 Å². The molecule has 0 aliphatic heterocycles. The molecule has 0 aliphatic rings. The summed E-state index contributed by atoms with van der Waals surface area (Å²) in [5, 5.41) is 2.37. The molecular weight excluding hydrogens is 236 g/mol. The third kappa shape index (κ3) is 2.65. The van der Waals surface area contributed by atoms with Crippen molar-refractivity contribution in [3.05, 3.63) is 30.2 Å². The minimum atomic E-state index is -0.542. The Morgan fingerprint density at radius 1 is 1.39 bits per heavy atom. The van der Waals surface area contributed by atoms with Crippen molar-refractivity contribution in [2.24, 2.45) is 0 Å². The number of benzene rings is 1. The molecule has 0 aliphatic carbocycles. The molecule has 0 fully saturated rings. The van der Waals surface area contributed by atoms with Gasteiger partial charge in [0.05, 0.1) is 6.61 Å². The Bertz CT molecular complexity index is 543. The Morgan fingerprint density at radius 2 is 2.17 bits per heavy atom. The van der Waals surface area contributed by atoms with Crippen molar-refractivity contribution >= 4 is 23.0 Å². The molecule has 2 rings (SSSR count). The van der Waals surface area contributed by atoms with Crippen LogP contribution in [0, 0.1) is 0 Å². The molecule has 0 saturated carbocycles. The predicted octanol–water partition coefficient (Wildman–Crippen LogP) is 1.12. The van der Waals surface area contributed by atoms with Crippen molar-refractivity contribution in [3.63, 3.8) is 0 Å². The number of fused-ring (bicyclic) bond motifs is 1. The molecule has 94 valence electrons. The first-order chi connectivity index (χ1) is 8.70. The largest absolute Gasteiger partial charge is 0.465 e. The van der Waals surface area contributed by atoms with Crippen molar-refractivity contribution in [1.29, 1.82) is 0 Å². The SMILES string of the molecule is CCOC(=O)CNC(=O)c1nc2ccccc2o1. The minimum absolute atomic E-state index is 0.0690. The number of ether oxygens (including phenoxy) is 1. The lowest BCUT2D eigenvalue weighted by Crippen LogP contribution is -2.30. The number of aromatic nitrogens is 1. The van der Waals surface area contributed by atoms with Crippen LogP contribution in [-0.2, 0) is 9.53 Å². The molecule has 1 aromatic heterocycles. The van der Waals surface area contributed by atoms with Crippen LogP contribution in [0.2, 0.25) is 0 Å². The zero-order chi connectivity index (χ0) is 13.0. The summed E-state index contributed by atoms with van der Waals surface area (Å²) in [6.45, 7) is 1.77. The van der Waals surface area contributed by atoms with E-state index in [-0.39, 0.29) is 19.0 Å². The van der Waals surface area contributed by atoms with Crippen LogP contribution < -0.4 is 5.32 Å². The summed E-state index contributed by atoms with van der Waals surface area (Å²) < 4.78 is 9.93. The van der Waals surface area contributed by atoms with E-state index in [0.29, 0.717) is 11.1 Å². The van der Waals surface area contributed by atoms with Crippen LogP contribution in [0.1, 0.15) is 17.6 Å². The second-order valence-electron chi connectivity index (χ2n) is 3.47. The highest BCUT2D eigenvalue weighted by Crippen LogP contribution is 2.14. The van der Waals surface area contributed by atoms with Gasteiger partial charge in [-0.2, -0.15) is 0 Å². The molecule has 0 saturated heterocycles. The monoisotopic (exact) mass is 248 g/mol. The molecule has 1 amide bonds. The van der Waals surface area contributed by atoms with Gasteiger partial charge in [0, 0.05) is 0 Å². The van der Waals surface area contributed by atoms with Gasteiger partial charge in [0.1, 0.15) is 12.1 Å². The third-order valence-electron chi connectivity index (χ3n) is 2.19. The predicted molar refractivity (Wildman–Crippen MR) is 63.0 cm³/mol. The third-order valence-corrected chi connectivity index (χ3v) is 2.19. The number of hydrogen-bond acceptors (Lipinski definition) is 5. The lowest BCUT2D eigenvalue weighted by atomic mass is 10.3. The molecule has 18 heavy (non-hydrogen) atoms. The second-order valence-corrected chi connectivity index (χ2v) is 3.47. The quantitative estimate of drug-likeness (QED) is 0.820. The van der Waals surface area contributed by atoms with Crippen molar-refractivity contribution in [2.45, 2.75) is 6.92 Å². The van der Waals surface area contributed by atoms with E-state index in [2.05, 4.69) is 15.0 Å². The van der Waals surface area contributed by atoms with Crippen LogP contribution >= 0.6 is 0 Å². The highest BCUT2D eigenvalue weighted by molar-refractivity contribution is 5.94. The number of carbonyl (C=O) groups is 2. The van der Waals surface area contributed by atoms with Gasteiger partial charge in [0.25, 0.3) is 5.89 Å². The number of nitrogens with one attached hydrogen (secondary N) is 1. The van der Waals surface area contributed by atoms with Gasteiger partial charge >= 0.3 is 11.9 Å². The number of amides is 1. The standard InChI is InChI=1S/C12H12N2O4/c1-2-17-10(15)7-13-11(16)12-14-8-5-3-4-6-9(8)18-12/h3-6H,2,7H2,1H3,(H,13,16). The Balaban J connectivity index is 2.02. The smallest absolute Gasteiger partial charge is 0.325 e. The first kappa shape index (κ1) is 12.1. The van der Waals surface area contributed by atoms with Gasteiger partial charge in [-0.1, -0.05) is 12.1 Å². The first-order valence-corrected chi connectivity index (χ1v) is 5.50. The van der Waals surface area contributed by atoms with Gasteiger partial charge in [-0.05, 0) is 19.1 Å². The van der Waals surface area contributed by atoms with Crippen molar-refractivity contribution in [1.82, 2.24) is 10.3 Å². The Morgan fingerprint density at radius 3 is 2.89 bits per heavy atom. The Kier molecular flexibility index (Phi) is 3.57. The van der Waals surface area contributed by atoms with Crippen LogP contribution in [0.4, 0.5) is 0 Å². The summed E-state index contributed by atoms with van der Waals surface area (Å²) in [7, 11) is 0. The van der Waals surface area contributed by atoms with E-state index < -0.39 is 11.9 Å². The fourth-order valence-electron chi connectivity index (χ4n) is 1.41. The molecule has 0 unspecified atom stereocenters. The van der Waals surface area contributed by atoms with E-state index in [9.17, 15) is 9.59 Å². The van der Waals surface area contributed by atoms with E-state index in [0.717, 1.165) is 0 Å². The maximum Gasteiger partial charge on any atom is 0.325 e. The molecular formula is C12H12N2O4. The number of hydrogen-bond donors (Lipinski definition) is 1. The average molecular weight is 248 g/mol. The summed E-state index contributed by atoms with van der Waals surface area (Å²) in [4.78, 5) is 26.7. The molecule has 1 aromatic carbocycles. The van der Waals surface area contributed by atoms with Gasteiger partial charge < -0.3 is 14.5 Å². The molecule has 6 heteroatoms. The number of oxazole rings is 1. The maximum atomic E-state index is 11.6. The molecule has 1 N–H and O–H groups in total. The molecule has 1 heterocycles. The van der Waals surface area contributed by atoms with Gasteiger partial charge in [-0.3, -0.25) is 9.59 Å². The minimum Gasteiger partial charge on any atom is -0.465 e. The topological polar surface area (TPSA) is 81.4 Å². The maximum absolute atomic E-state index is 11.6. The zero-order valence-electron chi connectivity index (χ0n) is 9.80. The Labute approximate surface area is 103 Å². The Hall–Kier alpha value is -2.37. The van der Waals surface area contributed by atoms with Gasteiger partial charge in [-0.15, -0.1) is 0 Å². The number of rotatable bonds is 4. The number of para-hydroxylation sites is 2. The number of carbonyl (C=O) groups excluding carboxylic acids is 2. The number of esters is 1. The van der Waals surface area contributed by atoms with Crippen LogP contribution in [0.3, 0.4) is 0 Å². The molecule has 2 aromatic rings. The van der Waals surface area contributed by atoms with Crippen LogP contribution in [-0.4, -0.2) is 30.0 Å². The molecule has 0 radical (unpaired) electrons. The second kappa shape index (κ2) is 5.31. The zero-order valence-corrected chi connectivity index (χ0v) is 9.80. The highest BCUT2D eigenvalue weighted by atomic mass is 16.5. The van der Waals surface area contributed by atoms with Crippen LogP contribution in [0.5, 0.6) is 0 Å². The lowest BCUT2D eigenvalue weighted by molar-refractivity contribution is -0.141. The lowest BCUT2D eigenvalue weighted by Gasteiger charge is -2.01. The summed E-state index contributed by atoms with van der Waals surface area (Å²) >= 11 is 0. The molecule has 0 bridgehead atoms. The molecule has 0 atom stereocenters. The van der Waals surface area contributed by atoms with Crippen molar-refractivity contribution in [2.75, 3.05) is 13.2 Å². The van der Waals surface area contributed by atoms with E-state index in [1.165, 1.54) is 0 Å².